The summed E-state index contributed by atoms with van der Waals surface area (Å²) in [5, 5.41) is 9.44. The third-order valence-electron chi connectivity index (χ3n) is 2.47. The lowest BCUT2D eigenvalue weighted by atomic mass is 9.79. The number of aliphatic hydroxyl groups excluding tert-OH is 1. The first-order valence-electron chi connectivity index (χ1n) is 4.05. The number of rotatable bonds is 0. The van der Waals surface area contributed by atoms with E-state index in [2.05, 4.69) is 13.8 Å². The quantitative estimate of drug-likeness (QED) is 0.525. The lowest BCUT2D eigenvalue weighted by Gasteiger charge is -2.34. The van der Waals surface area contributed by atoms with Crippen LogP contribution in [-0.2, 0) is 0 Å². The second-order valence-electron chi connectivity index (χ2n) is 3.71. The predicted molar refractivity (Wildman–Crippen MR) is 41.5 cm³/mol. The summed E-state index contributed by atoms with van der Waals surface area (Å²) in [5.74, 6) is 1.08. The van der Waals surface area contributed by atoms with Crippen molar-refractivity contribution >= 4 is 0 Å². The molecule has 0 unspecified atom stereocenters. The second-order valence-corrected chi connectivity index (χ2v) is 3.71. The van der Waals surface area contributed by atoms with Gasteiger partial charge < -0.3 is 10.8 Å². The van der Waals surface area contributed by atoms with Gasteiger partial charge in [0.2, 0.25) is 0 Å². The van der Waals surface area contributed by atoms with Crippen LogP contribution in [0.1, 0.15) is 26.7 Å². The van der Waals surface area contributed by atoms with Crippen molar-refractivity contribution in [3.8, 4) is 0 Å². The predicted octanol–water partition coefficient (Wildman–Crippen LogP) is 0.741. The molecule has 1 aliphatic rings. The molecule has 0 radical (unpaired) electrons. The minimum atomic E-state index is -0.267. The Morgan fingerprint density at radius 2 is 1.90 bits per heavy atom. The Balaban J connectivity index is 2.49. The Labute approximate surface area is 62.4 Å². The summed E-state index contributed by atoms with van der Waals surface area (Å²) in [6, 6.07) is 0.0127. The highest BCUT2D eigenvalue weighted by Gasteiger charge is 2.29. The minimum absolute atomic E-state index is 0.0127. The molecule has 0 saturated heterocycles. The van der Waals surface area contributed by atoms with Crippen molar-refractivity contribution in [1.29, 1.82) is 0 Å². The fourth-order valence-corrected chi connectivity index (χ4v) is 1.90. The van der Waals surface area contributed by atoms with Crippen molar-refractivity contribution in [1.82, 2.24) is 0 Å². The van der Waals surface area contributed by atoms with E-state index < -0.39 is 0 Å². The maximum Gasteiger partial charge on any atom is 0.0716 e. The van der Waals surface area contributed by atoms with Gasteiger partial charge in [-0.2, -0.15) is 0 Å². The first-order chi connectivity index (χ1) is 4.61. The zero-order chi connectivity index (χ0) is 7.72. The van der Waals surface area contributed by atoms with Crippen molar-refractivity contribution in [3.05, 3.63) is 0 Å². The molecule has 0 bridgehead atoms. The Morgan fingerprint density at radius 1 is 1.30 bits per heavy atom. The van der Waals surface area contributed by atoms with Crippen LogP contribution in [0.3, 0.4) is 0 Å². The second kappa shape index (κ2) is 2.89. The molecule has 0 heterocycles. The standard InChI is InChI=1S/C8H17NO/c1-5-3-6(2)8(10)7(9)4-5/h5-8,10H,3-4,9H2,1-2H3/t5-,6-,7+,8+/m0/s1. The number of nitrogens with two attached hydrogens (primary N) is 1. The lowest BCUT2D eigenvalue weighted by Crippen LogP contribution is -2.44. The topological polar surface area (TPSA) is 46.2 Å². The van der Waals surface area contributed by atoms with Gasteiger partial charge in [0.05, 0.1) is 6.10 Å². The highest BCUT2D eigenvalue weighted by molar-refractivity contribution is 4.84. The molecule has 0 aromatic heterocycles. The SMILES string of the molecule is C[C@@H]1C[C@@H](N)[C@H](O)[C@@H](C)C1. The molecule has 2 heteroatoms. The summed E-state index contributed by atoms with van der Waals surface area (Å²) < 4.78 is 0. The molecule has 1 fully saturated rings. The fourth-order valence-electron chi connectivity index (χ4n) is 1.90. The van der Waals surface area contributed by atoms with Crippen LogP contribution in [0.4, 0.5) is 0 Å². The molecule has 2 nitrogen and oxygen atoms in total. The highest BCUT2D eigenvalue weighted by Crippen LogP contribution is 2.27. The molecule has 0 amide bonds. The summed E-state index contributed by atoms with van der Waals surface area (Å²) in [5.41, 5.74) is 5.71. The van der Waals surface area contributed by atoms with Crippen LogP contribution in [0.25, 0.3) is 0 Å². The van der Waals surface area contributed by atoms with Crippen LogP contribution in [0.5, 0.6) is 0 Å². The van der Waals surface area contributed by atoms with Crippen molar-refractivity contribution < 1.29 is 5.11 Å². The summed E-state index contributed by atoms with van der Waals surface area (Å²) in [6.07, 6.45) is 1.83. The van der Waals surface area contributed by atoms with Crippen LogP contribution >= 0.6 is 0 Å². The van der Waals surface area contributed by atoms with Crippen LogP contribution in [0.15, 0.2) is 0 Å². The summed E-state index contributed by atoms with van der Waals surface area (Å²) in [4.78, 5) is 0. The number of hydrogen-bond acceptors (Lipinski definition) is 2. The smallest absolute Gasteiger partial charge is 0.0716 e. The zero-order valence-corrected chi connectivity index (χ0v) is 6.75. The van der Waals surface area contributed by atoms with Crippen molar-refractivity contribution in [2.75, 3.05) is 0 Å². The van der Waals surface area contributed by atoms with Gasteiger partial charge in [-0.1, -0.05) is 13.8 Å². The van der Waals surface area contributed by atoms with E-state index in [9.17, 15) is 5.11 Å². The lowest BCUT2D eigenvalue weighted by molar-refractivity contribution is 0.0420. The molecule has 60 valence electrons. The third kappa shape index (κ3) is 1.50. The zero-order valence-electron chi connectivity index (χ0n) is 6.75. The van der Waals surface area contributed by atoms with Crippen molar-refractivity contribution in [2.24, 2.45) is 17.6 Å². The molecule has 3 N–H and O–H groups in total. The van der Waals surface area contributed by atoms with Gasteiger partial charge in [-0.3, -0.25) is 0 Å². The van der Waals surface area contributed by atoms with E-state index in [0.29, 0.717) is 11.8 Å². The van der Waals surface area contributed by atoms with Gasteiger partial charge in [0, 0.05) is 6.04 Å². The van der Waals surface area contributed by atoms with Crippen LogP contribution in [-0.4, -0.2) is 17.3 Å². The Kier molecular flexibility index (Phi) is 2.32. The number of hydrogen-bond donors (Lipinski definition) is 2. The van der Waals surface area contributed by atoms with Crippen LogP contribution in [0.2, 0.25) is 0 Å². The van der Waals surface area contributed by atoms with E-state index in [1.54, 1.807) is 0 Å². The molecule has 1 saturated carbocycles. The third-order valence-corrected chi connectivity index (χ3v) is 2.47. The summed E-state index contributed by atoms with van der Waals surface area (Å²) in [7, 11) is 0. The summed E-state index contributed by atoms with van der Waals surface area (Å²) in [6.45, 7) is 4.27. The molecule has 0 aliphatic heterocycles. The van der Waals surface area contributed by atoms with Gasteiger partial charge in [0.1, 0.15) is 0 Å². The average Bonchev–Trinajstić information content (AvgIpc) is 1.82. The monoisotopic (exact) mass is 143 g/mol. The molecule has 0 spiro atoms. The molecular weight excluding hydrogens is 126 g/mol. The maximum atomic E-state index is 9.44. The minimum Gasteiger partial charge on any atom is -0.391 e. The maximum absolute atomic E-state index is 9.44. The largest absolute Gasteiger partial charge is 0.391 e. The van der Waals surface area contributed by atoms with Gasteiger partial charge in [0.25, 0.3) is 0 Å². The van der Waals surface area contributed by atoms with E-state index in [4.69, 9.17) is 5.73 Å². The van der Waals surface area contributed by atoms with Crippen molar-refractivity contribution in [3.63, 3.8) is 0 Å². The summed E-state index contributed by atoms with van der Waals surface area (Å²) >= 11 is 0. The van der Waals surface area contributed by atoms with Crippen LogP contribution in [0, 0.1) is 11.8 Å². The Bertz CT molecular complexity index is 104. The highest BCUT2D eigenvalue weighted by atomic mass is 16.3. The number of aliphatic hydroxyl groups is 1. The molecule has 4 atom stereocenters. The molecular formula is C8H17NO. The average molecular weight is 143 g/mol. The van der Waals surface area contributed by atoms with Gasteiger partial charge in [0.15, 0.2) is 0 Å². The van der Waals surface area contributed by atoms with E-state index in [-0.39, 0.29) is 12.1 Å². The first kappa shape index (κ1) is 8.02. The molecule has 0 aromatic rings. The van der Waals surface area contributed by atoms with E-state index in [1.807, 2.05) is 0 Å². The van der Waals surface area contributed by atoms with Crippen LogP contribution < -0.4 is 5.73 Å². The molecule has 1 rings (SSSR count). The van der Waals surface area contributed by atoms with E-state index in [1.165, 1.54) is 0 Å². The van der Waals surface area contributed by atoms with Gasteiger partial charge >= 0.3 is 0 Å². The first-order valence-corrected chi connectivity index (χ1v) is 4.05. The molecule has 1 aliphatic carbocycles. The van der Waals surface area contributed by atoms with Gasteiger partial charge in [-0.15, -0.1) is 0 Å². The Hall–Kier alpha value is -0.0800. The fraction of sp³-hybridized carbons (Fsp3) is 1.00. The van der Waals surface area contributed by atoms with Gasteiger partial charge in [-0.05, 0) is 24.7 Å². The van der Waals surface area contributed by atoms with E-state index in [0.717, 1.165) is 12.8 Å². The van der Waals surface area contributed by atoms with Gasteiger partial charge in [-0.25, -0.2) is 0 Å². The van der Waals surface area contributed by atoms with Crippen molar-refractivity contribution in [2.45, 2.75) is 38.8 Å². The Morgan fingerprint density at radius 3 is 2.40 bits per heavy atom. The normalized spacial score (nSPS) is 49.2. The molecule has 10 heavy (non-hydrogen) atoms. The van der Waals surface area contributed by atoms with E-state index >= 15 is 0 Å². The molecule has 0 aromatic carbocycles.